The summed E-state index contributed by atoms with van der Waals surface area (Å²) in [5.41, 5.74) is 0. The number of ketones is 1. The van der Waals surface area contributed by atoms with E-state index in [1.165, 1.54) is 19.3 Å². The Bertz CT molecular complexity index is 284. The van der Waals surface area contributed by atoms with Crippen molar-refractivity contribution in [1.82, 2.24) is 0 Å². The molecule has 0 amide bonds. The standard InChI is InChI=1S/C12H17NO2/c14-8-13-11(12(15)10-6-7-10)9-4-2-1-3-5-9/h9-11H,1-7H2/t11-/m0/s1. The fraction of sp³-hybridized carbons (Fsp3) is 0.833. The van der Waals surface area contributed by atoms with Crippen LogP contribution in [0.25, 0.3) is 0 Å². The van der Waals surface area contributed by atoms with Crippen molar-refractivity contribution in [3.05, 3.63) is 0 Å². The van der Waals surface area contributed by atoms with Gasteiger partial charge in [0, 0.05) is 5.92 Å². The quantitative estimate of drug-likeness (QED) is 0.524. The molecule has 0 unspecified atom stereocenters. The first-order valence-corrected chi connectivity index (χ1v) is 5.93. The summed E-state index contributed by atoms with van der Waals surface area (Å²) in [6, 6.07) is -0.365. The Morgan fingerprint density at radius 3 is 2.33 bits per heavy atom. The largest absolute Gasteiger partial charge is 0.297 e. The molecule has 0 bridgehead atoms. The molecule has 2 rings (SSSR count). The number of hydrogen-bond acceptors (Lipinski definition) is 3. The Morgan fingerprint density at radius 2 is 1.80 bits per heavy atom. The highest BCUT2D eigenvalue weighted by molar-refractivity contribution is 5.89. The van der Waals surface area contributed by atoms with Gasteiger partial charge in [0.1, 0.15) is 6.04 Å². The molecule has 2 aliphatic carbocycles. The van der Waals surface area contributed by atoms with Crippen molar-refractivity contribution in [2.45, 2.75) is 51.0 Å². The summed E-state index contributed by atoms with van der Waals surface area (Å²) in [5, 5.41) is 0. The van der Waals surface area contributed by atoms with E-state index in [1.807, 2.05) is 0 Å². The van der Waals surface area contributed by atoms with Crippen LogP contribution in [0.15, 0.2) is 4.99 Å². The highest BCUT2D eigenvalue weighted by Crippen LogP contribution is 2.36. The number of aliphatic imine (C=N–C) groups is 1. The molecule has 0 heterocycles. The van der Waals surface area contributed by atoms with Crippen molar-refractivity contribution in [2.75, 3.05) is 0 Å². The van der Waals surface area contributed by atoms with Crippen LogP contribution >= 0.6 is 0 Å². The van der Waals surface area contributed by atoms with Gasteiger partial charge >= 0.3 is 0 Å². The van der Waals surface area contributed by atoms with Gasteiger partial charge in [-0.25, -0.2) is 4.79 Å². The first kappa shape index (κ1) is 10.6. The second kappa shape index (κ2) is 4.71. The summed E-state index contributed by atoms with van der Waals surface area (Å²) in [6.07, 6.45) is 9.28. The summed E-state index contributed by atoms with van der Waals surface area (Å²) >= 11 is 0. The number of Topliss-reactive ketones (excluding diaryl/α,β-unsaturated/α-hetero) is 1. The SMILES string of the molecule is O=C=N[C@H](C(=O)C1CC1)C1CCCCC1. The molecule has 0 N–H and O–H groups in total. The molecule has 0 aromatic rings. The van der Waals surface area contributed by atoms with E-state index in [-0.39, 0.29) is 17.7 Å². The number of isocyanates is 1. The van der Waals surface area contributed by atoms with Gasteiger partial charge in [-0.1, -0.05) is 19.3 Å². The minimum absolute atomic E-state index is 0.199. The number of nitrogens with zero attached hydrogens (tertiary/aromatic N) is 1. The molecular weight excluding hydrogens is 190 g/mol. The summed E-state index contributed by atoms with van der Waals surface area (Å²) < 4.78 is 0. The van der Waals surface area contributed by atoms with E-state index in [9.17, 15) is 9.59 Å². The van der Waals surface area contributed by atoms with Gasteiger partial charge in [0.15, 0.2) is 5.78 Å². The van der Waals surface area contributed by atoms with Gasteiger partial charge in [0.25, 0.3) is 0 Å². The fourth-order valence-corrected chi connectivity index (χ4v) is 2.52. The van der Waals surface area contributed by atoms with Gasteiger partial charge in [0.2, 0.25) is 6.08 Å². The first-order chi connectivity index (χ1) is 7.33. The lowest BCUT2D eigenvalue weighted by molar-refractivity contribution is -0.122. The van der Waals surface area contributed by atoms with E-state index in [1.54, 1.807) is 6.08 Å². The number of hydrogen-bond donors (Lipinski definition) is 0. The lowest BCUT2D eigenvalue weighted by Crippen LogP contribution is -2.30. The Hall–Kier alpha value is -0.950. The van der Waals surface area contributed by atoms with Crippen LogP contribution in [-0.4, -0.2) is 17.9 Å². The molecule has 3 heteroatoms. The Morgan fingerprint density at radius 1 is 1.13 bits per heavy atom. The average molecular weight is 207 g/mol. The molecule has 2 saturated carbocycles. The van der Waals surface area contributed by atoms with Crippen LogP contribution < -0.4 is 0 Å². The third kappa shape index (κ3) is 2.54. The van der Waals surface area contributed by atoms with Crippen molar-refractivity contribution in [1.29, 1.82) is 0 Å². The molecule has 0 aliphatic heterocycles. The third-order valence-electron chi connectivity index (χ3n) is 3.56. The monoisotopic (exact) mass is 207 g/mol. The third-order valence-corrected chi connectivity index (χ3v) is 3.56. The van der Waals surface area contributed by atoms with E-state index < -0.39 is 0 Å². The van der Waals surface area contributed by atoms with Crippen LogP contribution in [0.5, 0.6) is 0 Å². The molecule has 1 atom stereocenters. The summed E-state index contributed by atoms with van der Waals surface area (Å²) in [6.45, 7) is 0. The lowest BCUT2D eigenvalue weighted by Gasteiger charge is -2.25. The van der Waals surface area contributed by atoms with Gasteiger partial charge < -0.3 is 0 Å². The van der Waals surface area contributed by atoms with Crippen LogP contribution in [0.3, 0.4) is 0 Å². The van der Waals surface area contributed by atoms with E-state index in [0.717, 1.165) is 25.7 Å². The minimum atomic E-state index is -0.365. The van der Waals surface area contributed by atoms with E-state index in [0.29, 0.717) is 5.92 Å². The predicted octanol–water partition coefficient (Wildman–Crippen LogP) is 2.25. The molecule has 3 nitrogen and oxygen atoms in total. The van der Waals surface area contributed by atoms with Crippen LogP contribution in [0.1, 0.15) is 44.9 Å². The maximum atomic E-state index is 11.9. The van der Waals surface area contributed by atoms with Crippen LogP contribution in [-0.2, 0) is 9.59 Å². The lowest BCUT2D eigenvalue weighted by atomic mass is 9.82. The normalized spacial score (nSPS) is 24.3. The number of rotatable bonds is 4. The maximum Gasteiger partial charge on any atom is 0.235 e. The summed E-state index contributed by atoms with van der Waals surface area (Å²) in [4.78, 5) is 26.0. The highest BCUT2D eigenvalue weighted by atomic mass is 16.1. The number of carbonyl (C=O) groups is 1. The van der Waals surface area contributed by atoms with Crippen LogP contribution in [0.4, 0.5) is 0 Å². The van der Waals surface area contributed by atoms with Crippen molar-refractivity contribution in [3.63, 3.8) is 0 Å². The molecule has 0 saturated heterocycles. The van der Waals surface area contributed by atoms with Gasteiger partial charge in [-0.3, -0.25) is 4.79 Å². The van der Waals surface area contributed by atoms with Crippen LogP contribution in [0.2, 0.25) is 0 Å². The molecule has 0 radical (unpaired) electrons. The predicted molar refractivity (Wildman–Crippen MR) is 56.2 cm³/mol. The highest BCUT2D eigenvalue weighted by Gasteiger charge is 2.38. The molecule has 0 aromatic heterocycles. The molecular formula is C12H17NO2. The fourth-order valence-electron chi connectivity index (χ4n) is 2.52. The number of carbonyl (C=O) groups excluding carboxylic acids is 2. The second-order valence-electron chi connectivity index (χ2n) is 4.74. The van der Waals surface area contributed by atoms with Gasteiger partial charge in [-0.2, -0.15) is 4.99 Å². The van der Waals surface area contributed by atoms with Gasteiger partial charge in [-0.15, -0.1) is 0 Å². The zero-order valence-corrected chi connectivity index (χ0v) is 8.95. The summed E-state index contributed by atoms with van der Waals surface area (Å²) in [7, 11) is 0. The molecule has 82 valence electrons. The second-order valence-corrected chi connectivity index (χ2v) is 4.74. The Labute approximate surface area is 90.0 Å². The minimum Gasteiger partial charge on any atom is -0.297 e. The Balaban J connectivity index is 2.03. The van der Waals surface area contributed by atoms with Gasteiger partial charge in [0.05, 0.1) is 0 Å². The molecule has 15 heavy (non-hydrogen) atoms. The zero-order chi connectivity index (χ0) is 10.7. The van der Waals surface area contributed by atoms with E-state index >= 15 is 0 Å². The van der Waals surface area contributed by atoms with Crippen LogP contribution in [0, 0.1) is 11.8 Å². The van der Waals surface area contributed by atoms with E-state index in [2.05, 4.69) is 4.99 Å². The molecule has 0 spiro atoms. The maximum absolute atomic E-state index is 11.9. The zero-order valence-electron chi connectivity index (χ0n) is 8.95. The first-order valence-electron chi connectivity index (χ1n) is 5.93. The smallest absolute Gasteiger partial charge is 0.235 e. The van der Waals surface area contributed by atoms with Crippen molar-refractivity contribution in [3.8, 4) is 0 Å². The van der Waals surface area contributed by atoms with Crippen molar-refractivity contribution < 1.29 is 9.59 Å². The topological polar surface area (TPSA) is 46.5 Å². The molecule has 2 fully saturated rings. The summed E-state index contributed by atoms with van der Waals surface area (Å²) in [5.74, 6) is 0.715. The average Bonchev–Trinajstić information content (AvgIpc) is 3.10. The van der Waals surface area contributed by atoms with Crippen molar-refractivity contribution in [2.24, 2.45) is 16.8 Å². The molecule has 0 aromatic carbocycles. The van der Waals surface area contributed by atoms with E-state index in [4.69, 9.17) is 0 Å². The van der Waals surface area contributed by atoms with Crippen molar-refractivity contribution >= 4 is 11.9 Å². The Kier molecular flexibility index (Phi) is 3.32. The molecule has 2 aliphatic rings. The van der Waals surface area contributed by atoms with Gasteiger partial charge in [-0.05, 0) is 31.6 Å².